The second kappa shape index (κ2) is 8.04. The van der Waals surface area contributed by atoms with Crippen molar-refractivity contribution in [3.63, 3.8) is 0 Å². The topological polar surface area (TPSA) is 65.5 Å². The van der Waals surface area contributed by atoms with E-state index in [4.69, 9.17) is 11.6 Å². The normalized spacial score (nSPS) is 17.1. The van der Waals surface area contributed by atoms with Crippen molar-refractivity contribution in [1.82, 2.24) is 14.8 Å². The highest BCUT2D eigenvalue weighted by atomic mass is 35.5. The third kappa shape index (κ3) is 4.25. The number of nitrogens with one attached hydrogen (secondary N) is 1. The molecule has 3 heterocycles. The number of aromatic nitrogens is 1. The first-order valence-electron chi connectivity index (χ1n) is 8.32. The lowest BCUT2D eigenvalue weighted by molar-refractivity contribution is -0.132. The van der Waals surface area contributed by atoms with Crippen molar-refractivity contribution < 1.29 is 9.59 Å². The van der Waals surface area contributed by atoms with Crippen LogP contribution in [0.4, 0.5) is 5.13 Å². The van der Waals surface area contributed by atoms with Crippen LogP contribution >= 0.6 is 34.3 Å². The summed E-state index contributed by atoms with van der Waals surface area (Å²) in [6.07, 6.45) is 3.43. The van der Waals surface area contributed by atoms with Gasteiger partial charge in [0.25, 0.3) is 5.91 Å². The minimum atomic E-state index is -0.194. The zero-order valence-electron chi connectivity index (χ0n) is 14.9. The van der Waals surface area contributed by atoms with Crippen molar-refractivity contribution in [3.05, 3.63) is 31.9 Å². The molecular formula is C17H21ClN4O2S2. The van der Waals surface area contributed by atoms with Gasteiger partial charge in [-0.25, -0.2) is 4.98 Å². The molecule has 1 aliphatic heterocycles. The molecule has 2 aromatic heterocycles. The van der Waals surface area contributed by atoms with E-state index in [0.29, 0.717) is 21.6 Å². The molecule has 0 bridgehead atoms. The molecule has 140 valence electrons. The zero-order chi connectivity index (χ0) is 18.8. The number of thiophene rings is 1. The van der Waals surface area contributed by atoms with Crippen LogP contribution in [0.15, 0.2) is 12.3 Å². The number of halogens is 1. The van der Waals surface area contributed by atoms with Crippen LogP contribution < -0.4 is 5.32 Å². The minimum Gasteiger partial charge on any atom is -0.334 e. The van der Waals surface area contributed by atoms with Gasteiger partial charge >= 0.3 is 0 Å². The number of likely N-dealkylation sites (N-methyl/N-ethyl adjacent to an activating group) is 1. The predicted octanol–water partition coefficient (Wildman–Crippen LogP) is 3.64. The Balaban J connectivity index is 1.76. The second-order valence-corrected chi connectivity index (χ2v) is 9.48. The molecular weight excluding hydrogens is 392 g/mol. The van der Waals surface area contributed by atoms with E-state index >= 15 is 0 Å². The van der Waals surface area contributed by atoms with Crippen LogP contribution in [0.3, 0.4) is 0 Å². The number of carbonyl (C=O) groups excluding carboxylic acids is 2. The van der Waals surface area contributed by atoms with Gasteiger partial charge in [-0.1, -0.05) is 22.9 Å². The number of rotatable bonds is 5. The molecule has 0 radical (unpaired) electrons. The lowest BCUT2D eigenvalue weighted by atomic mass is 10.1. The van der Waals surface area contributed by atoms with E-state index in [1.165, 1.54) is 17.5 Å². The molecule has 0 aliphatic carbocycles. The van der Waals surface area contributed by atoms with Gasteiger partial charge in [0.15, 0.2) is 5.13 Å². The summed E-state index contributed by atoms with van der Waals surface area (Å²) in [4.78, 5) is 34.9. The Hall–Kier alpha value is -1.48. The van der Waals surface area contributed by atoms with Crippen LogP contribution in [-0.2, 0) is 4.79 Å². The maximum absolute atomic E-state index is 12.6. The summed E-state index contributed by atoms with van der Waals surface area (Å²) < 4.78 is 0.532. The monoisotopic (exact) mass is 412 g/mol. The number of nitrogens with zero attached hydrogens (tertiary/aromatic N) is 3. The van der Waals surface area contributed by atoms with E-state index < -0.39 is 0 Å². The van der Waals surface area contributed by atoms with Crippen LogP contribution in [0.1, 0.15) is 39.0 Å². The summed E-state index contributed by atoms with van der Waals surface area (Å²) >= 11 is 8.67. The molecule has 1 N–H and O–H groups in total. The molecule has 0 spiro atoms. The highest BCUT2D eigenvalue weighted by molar-refractivity contribution is 7.19. The zero-order valence-corrected chi connectivity index (χ0v) is 17.3. The van der Waals surface area contributed by atoms with Gasteiger partial charge in [-0.2, -0.15) is 0 Å². The first kappa shape index (κ1) is 19.3. The van der Waals surface area contributed by atoms with Crippen LogP contribution in [0.25, 0.3) is 0 Å². The highest BCUT2D eigenvalue weighted by Gasteiger charge is 2.32. The first-order valence-corrected chi connectivity index (χ1v) is 10.3. The maximum Gasteiger partial charge on any atom is 0.258 e. The quantitative estimate of drug-likeness (QED) is 0.814. The minimum absolute atomic E-state index is 0.0574. The molecule has 6 nitrogen and oxygen atoms in total. The molecule has 1 fully saturated rings. The van der Waals surface area contributed by atoms with Crippen molar-refractivity contribution in [2.75, 3.05) is 32.5 Å². The molecule has 9 heteroatoms. The molecule has 0 aromatic carbocycles. The summed E-state index contributed by atoms with van der Waals surface area (Å²) in [6, 6.07) is 1.97. The second-order valence-electron chi connectivity index (χ2n) is 6.53. The lowest BCUT2D eigenvalue weighted by Crippen LogP contribution is -2.37. The Morgan fingerprint density at radius 1 is 1.42 bits per heavy atom. The number of likely N-dealkylation sites (tertiary alicyclic amines) is 1. The Bertz CT molecular complexity index is 818. The van der Waals surface area contributed by atoms with E-state index in [1.54, 1.807) is 11.3 Å². The van der Waals surface area contributed by atoms with E-state index in [0.717, 1.165) is 29.1 Å². The number of thiazole rings is 1. The standard InChI is InChI=1S/C17H21ClN4O2S2/c1-10-11(16(24)20-17-19-8-14(18)26-17)7-13(25-10)12-5-4-6-22(12)15(23)9-21(2)3/h7-8,12H,4-6,9H2,1-3H3,(H,19,20,24)/t12-/m0/s1. The number of amides is 2. The fraction of sp³-hybridized carbons (Fsp3) is 0.471. The molecule has 0 unspecified atom stereocenters. The van der Waals surface area contributed by atoms with Crippen LogP contribution in [0.2, 0.25) is 4.34 Å². The van der Waals surface area contributed by atoms with Crippen molar-refractivity contribution in [1.29, 1.82) is 0 Å². The lowest BCUT2D eigenvalue weighted by Gasteiger charge is -2.25. The number of hydrogen-bond donors (Lipinski definition) is 1. The fourth-order valence-corrected chi connectivity index (χ4v) is 5.07. The summed E-state index contributed by atoms with van der Waals surface area (Å²) in [5, 5.41) is 3.27. The molecule has 2 amide bonds. The van der Waals surface area contributed by atoms with Gasteiger partial charge in [0.1, 0.15) is 4.34 Å². The van der Waals surface area contributed by atoms with Crippen molar-refractivity contribution in [3.8, 4) is 0 Å². The molecule has 2 aromatic rings. The summed E-state index contributed by atoms with van der Waals surface area (Å²) in [5.74, 6) is -0.0628. The molecule has 3 rings (SSSR count). The van der Waals surface area contributed by atoms with Gasteiger partial charge in [0.05, 0.1) is 24.3 Å². The Labute approximate surface area is 165 Å². The van der Waals surface area contributed by atoms with Crippen LogP contribution in [0.5, 0.6) is 0 Å². The predicted molar refractivity (Wildman–Crippen MR) is 106 cm³/mol. The molecule has 26 heavy (non-hydrogen) atoms. The number of hydrogen-bond acceptors (Lipinski definition) is 6. The summed E-state index contributed by atoms with van der Waals surface area (Å²) in [6.45, 7) is 3.10. The smallest absolute Gasteiger partial charge is 0.258 e. The first-order chi connectivity index (χ1) is 12.3. The van der Waals surface area contributed by atoms with E-state index in [-0.39, 0.29) is 17.9 Å². The summed E-state index contributed by atoms with van der Waals surface area (Å²) in [7, 11) is 3.79. The third-order valence-electron chi connectivity index (χ3n) is 4.23. The van der Waals surface area contributed by atoms with Crippen LogP contribution in [0, 0.1) is 6.92 Å². The van der Waals surface area contributed by atoms with Gasteiger partial charge < -0.3 is 9.80 Å². The highest BCUT2D eigenvalue weighted by Crippen LogP contribution is 2.37. The van der Waals surface area contributed by atoms with Crippen LogP contribution in [-0.4, -0.2) is 53.8 Å². The van der Waals surface area contributed by atoms with E-state index in [1.807, 2.05) is 36.9 Å². The number of carbonyl (C=O) groups is 2. The molecule has 1 aliphatic rings. The van der Waals surface area contributed by atoms with Gasteiger partial charge in [0, 0.05) is 16.3 Å². The Kier molecular flexibility index (Phi) is 5.96. The molecule has 1 atom stereocenters. The van der Waals surface area contributed by atoms with Gasteiger partial charge in [-0.15, -0.1) is 11.3 Å². The molecule has 1 saturated heterocycles. The largest absolute Gasteiger partial charge is 0.334 e. The average molecular weight is 413 g/mol. The van der Waals surface area contributed by atoms with Crippen molar-refractivity contribution in [2.24, 2.45) is 0 Å². The maximum atomic E-state index is 12.6. The fourth-order valence-electron chi connectivity index (χ4n) is 3.09. The number of anilines is 1. The van der Waals surface area contributed by atoms with E-state index in [2.05, 4.69) is 10.3 Å². The van der Waals surface area contributed by atoms with Gasteiger partial charge in [-0.3, -0.25) is 14.9 Å². The van der Waals surface area contributed by atoms with E-state index in [9.17, 15) is 9.59 Å². The van der Waals surface area contributed by atoms with Crippen molar-refractivity contribution in [2.45, 2.75) is 25.8 Å². The van der Waals surface area contributed by atoms with Crippen molar-refractivity contribution >= 4 is 51.2 Å². The van der Waals surface area contributed by atoms with Gasteiger partial charge in [-0.05, 0) is 39.9 Å². The SMILES string of the molecule is Cc1sc([C@@H]2CCCN2C(=O)CN(C)C)cc1C(=O)Nc1ncc(Cl)s1. The average Bonchev–Trinajstić information content (AvgIpc) is 3.26. The van der Waals surface area contributed by atoms with Gasteiger partial charge in [0.2, 0.25) is 5.91 Å². The Morgan fingerprint density at radius 2 is 2.19 bits per heavy atom. The summed E-state index contributed by atoms with van der Waals surface area (Å²) in [5.41, 5.74) is 0.628. The third-order valence-corrected chi connectivity index (χ3v) is 6.41. The number of aryl methyl sites for hydroxylation is 1. The Morgan fingerprint density at radius 3 is 2.85 bits per heavy atom. The molecule has 0 saturated carbocycles.